The van der Waals surface area contributed by atoms with Gasteiger partial charge in [0.1, 0.15) is 17.3 Å². The van der Waals surface area contributed by atoms with E-state index in [0.717, 1.165) is 5.56 Å². The molecule has 0 radical (unpaired) electrons. The number of Topliss-reactive ketones (excluding diaryl/α,β-unsaturated/α-hetero) is 1. The van der Waals surface area contributed by atoms with Crippen LogP contribution in [0.25, 0.3) is 5.76 Å². The van der Waals surface area contributed by atoms with Crippen LogP contribution in [0, 0.1) is 5.82 Å². The Morgan fingerprint density at radius 1 is 0.903 bits per heavy atom. The minimum Gasteiger partial charge on any atom is -0.508 e. The van der Waals surface area contributed by atoms with Gasteiger partial charge in [-0.05, 0) is 30.2 Å². The van der Waals surface area contributed by atoms with Crippen molar-refractivity contribution in [3.63, 3.8) is 0 Å². The first kappa shape index (κ1) is 20.3. The highest BCUT2D eigenvalue weighted by atomic mass is 19.1. The number of aliphatic hydroxyl groups excluding tert-OH is 1. The molecule has 2 N–H and O–H groups in total. The van der Waals surface area contributed by atoms with Crippen LogP contribution in [-0.2, 0) is 16.0 Å². The molecule has 1 amide bonds. The normalized spacial score (nSPS) is 17.8. The van der Waals surface area contributed by atoms with Gasteiger partial charge in [0.25, 0.3) is 11.7 Å². The molecule has 0 saturated carbocycles. The van der Waals surface area contributed by atoms with Crippen LogP contribution in [0.5, 0.6) is 5.75 Å². The highest BCUT2D eigenvalue weighted by Crippen LogP contribution is 2.40. The average molecular weight is 417 g/mol. The predicted molar refractivity (Wildman–Crippen MR) is 114 cm³/mol. The molecule has 0 aromatic heterocycles. The molecule has 5 nitrogen and oxygen atoms in total. The summed E-state index contributed by atoms with van der Waals surface area (Å²) in [6, 6.07) is 19.8. The number of carbonyl (C=O) groups is 2. The third-order valence-electron chi connectivity index (χ3n) is 5.36. The molecule has 1 fully saturated rings. The van der Waals surface area contributed by atoms with Crippen molar-refractivity contribution in [2.45, 2.75) is 12.5 Å². The number of nitrogens with zero attached hydrogens (tertiary/aromatic N) is 1. The first-order valence-electron chi connectivity index (χ1n) is 9.83. The van der Waals surface area contributed by atoms with Gasteiger partial charge in [0, 0.05) is 17.7 Å². The van der Waals surface area contributed by atoms with Gasteiger partial charge in [-0.25, -0.2) is 4.39 Å². The molecule has 1 saturated heterocycles. The molecule has 156 valence electrons. The number of aromatic hydroxyl groups is 1. The van der Waals surface area contributed by atoms with E-state index in [1.165, 1.54) is 35.2 Å². The highest BCUT2D eigenvalue weighted by molar-refractivity contribution is 6.46. The molecule has 0 spiro atoms. The summed E-state index contributed by atoms with van der Waals surface area (Å²) in [5.41, 5.74) is 1.23. The minimum atomic E-state index is -1.04. The Hall–Kier alpha value is -3.93. The number of benzene rings is 3. The lowest BCUT2D eigenvalue weighted by Gasteiger charge is -2.25. The van der Waals surface area contributed by atoms with Gasteiger partial charge in [0.2, 0.25) is 0 Å². The van der Waals surface area contributed by atoms with Crippen LogP contribution in [-0.4, -0.2) is 33.3 Å². The molecule has 31 heavy (non-hydrogen) atoms. The van der Waals surface area contributed by atoms with Crippen LogP contribution in [0.4, 0.5) is 4.39 Å². The zero-order valence-corrected chi connectivity index (χ0v) is 16.5. The van der Waals surface area contributed by atoms with Gasteiger partial charge >= 0.3 is 0 Å². The lowest BCUT2D eigenvalue weighted by atomic mass is 9.95. The van der Waals surface area contributed by atoms with E-state index in [2.05, 4.69) is 0 Å². The number of phenols is 1. The number of amides is 1. The van der Waals surface area contributed by atoms with Gasteiger partial charge in [0.15, 0.2) is 0 Å². The summed E-state index contributed by atoms with van der Waals surface area (Å²) in [4.78, 5) is 27.1. The maximum absolute atomic E-state index is 14.7. The predicted octanol–water partition coefficient (Wildman–Crippen LogP) is 4.20. The Morgan fingerprint density at radius 3 is 2.23 bits per heavy atom. The summed E-state index contributed by atoms with van der Waals surface area (Å²) in [5.74, 6) is -2.41. The molecule has 1 heterocycles. The number of carbonyl (C=O) groups excluding carboxylic acids is 2. The number of rotatable bonds is 5. The Morgan fingerprint density at radius 2 is 1.55 bits per heavy atom. The van der Waals surface area contributed by atoms with E-state index < -0.39 is 23.5 Å². The second-order valence-corrected chi connectivity index (χ2v) is 7.30. The van der Waals surface area contributed by atoms with E-state index in [9.17, 15) is 24.2 Å². The fourth-order valence-corrected chi connectivity index (χ4v) is 3.79. The lowest BCUT2D eigenvalue weighted by Crippen LogP contribution is -2.32. The number of ketones is 1. The Balaban J connectivity index is 1.78. The maximum atomic E-state index is 14.7. The van der Waals surface area contributed by atoms with E-state index >= 15 is 0 Å². The largest absolute Gasteiger partial charge is 0.508 e. The molecule has 6 heteroatoms. The van der Waals surface area contributed by atoms with E-state index in [1.54, 1.807) is 48.5 Å². The molecule has 3 aromatic carbocycles. The molecule has 1 atom stereocenters. The van der Waals surface area contributed by atoms with Crippen molar-refractivity contribution in [3.8, 4) is 5.75 Å². The van der Waals surface area contributed by atoms with E-state index in [-0.39, 0.29) is 29.2 Å². The topological polar surface area (TPSA) is 77.8 Å². The second kappa shape index (κ2) is 8.44. The smallest absolute Gasteiger partial charge is 0.295 e. The number of aliphatic hydroxyl groups is 1. The van der Waals surface area contributed by atoms with Gasteiger partial charge in [-0.1, -0.05) is 60.7 Å². The summed E-state index contributed by atoms with van der Waals surface area (Å²) < 4.78 is 14.7. The molecule has 0 bridgehead atoms. The van der Waals surface area contributed by atoms with E-state index in [1.807, 2.05) is 0 Å². The standard InChI is InChI=1S/C25H20FNO4/c26-20-9-5-4-8-19(20)22-21(23(29)17-6-2-1-3-7-17)24(30)25(31)27(22)15-14-16-10-12-18(28)13-11-16/h1-13,22,28-29H,14-15H2/t22-/m0/s1. The van der Waals surface area contributed by atoms with Crippen LogP contribution < -0.4 is 0 Å². The number of hydrogen-bond acceptors (Lipinski definition) is 4. The average Bonchev–Trinajstić information content (AvgIpc) is 3.04. The van der Waals surface area contributed by atoms with Gasteiger partial charge in [-0.3, -0.25) is 9.59 Å². The van der Waals surface area contributed by atoms with Crippen molar-refractivity contribution < 1.29 is 24.2 Å². The molecule has 3 aromatic rings. The molecular formula is C25H20FNO4. The maximum Gasteiger partial charge on any atom is 0.295 e. The number of likely N-dealkylation sites (tertiary alicyclic amines) is 1. The SMILES string of the molecule is O=C1C(=O)N(CCc2ccc(O)cc2)[C@@H](c2ccccc2F)C1=C(O)c1ccccc1. The molecular weight excluding hydrogens is 397 g/mol. The zero-order valence-electron chi connectivity index (χ0n) is 16.5. The zero-order chi connectivity index (χ0) is 22.0. The van der Waals surface area contributed by atoms with Crippen LogP contribution in [0.1, 0.15) is 22.7 Å². The first-order chi connectivity index (χ1) is 15.0. The van der Waals surface area contributed by atoms with Crippen molar-refractivity contribution in [2.75, 3.05) is 6.54 Å². The third kappa shape index (κ3) is 3.92. The van der Waals surface area contributed by atoms with Crippen molar-refractivity contribution in [1.29, 1.82) is 0 Å². The number of phenolic OH excluding ortho intramolecular Hbond substituents is 1. The summed E-state index contributed by atoms with van der Waals surface area (Å²) in [6.07, 6.45) is 0.392. The molecule has 1 aliphatic heterocycles. The summed E-state index contributed by atoms with van der Waals surface area (Å²) in [6.45, 7) is 0.139. The number of halogens is 1. The fraction of sp³-hybridized carbons (Fsp3) is 0.120. The van der Waals surface area contributed by atoms with Crippen LogP contribution in [0.2, 0.25) is 0 Å². The van der Waals surface area contributed by atoms with E-state index in [4.69, 9.17) is 0 Å². The molecule has 0 aliphatic carbocycles. The van der Waals surface area contributed by atoms with Gasteiger partial charge in [-0.15, -0.1) is 0 Å². The molecule has 4 rings (SSSR count). The fourth-order valence-electron chi connectivity index (χ4n) is 3.79. The minimum absolute atomic E-state index is 0.124. The van der Waals surface area contributed by atoms with E-state index in [0.29, 0.717) is 12.0 Å². The number of hydrogen-bond donors (Lipinski definition) is 2. The van der Waals surface area contributed by atoms with Crippen molar-refractivity contribution in [3.05, 3.63) is 107 Å². The quantitative estimate of drug-likeness (QED) is 0.371. The van der Waals surface area contributed by atoms with Crippen LogP contribution in [0.15, 0.2) is 84.4 Å². The lowest BCUT2D eigenvalue weighted by molar-refractivity contribution is -0.139. The van der Waals surface area contributed by atoms with Crippen molar-refractivity contribution >= 4 is 17.4 Å². The van der Waals surface area contributed by atoms with Crippen LogP contribution >= 0.6 is 0 Å². The summed E-state index contributed by atoms with van der Waals surface area (Å²) in [7, 11) is 0. The Bertz CT molecular complexity index is 1160. The van der Waals surface area contributed by atoms with Gasteiger partial charge in [-0.2, -0.15) is 0 Å². The monoisotopic (exact) mass is 417 g/mol. The Labute approximate surface area is 178 Å². The third-order valence-corrected chi connectivity index (χ3v) is 5.36. The second-order valence-electron chi connectivity index (χ2n) is 7.30. The summed E-state index contributed by atoms with van der Waals surface area (Å²) in [5, 5.41) is 20.3. The van der Waals surface area contributed by atoms with Crippen LogP contribution in [0.3, 0.4) is 0 Å². The van der Waals surface area contributed by atoms with Gasteiger partial charge < -0.3 is 15.1 Å². The van der Waals surface area contributed by atoms with Gasteiger partial charge in [0.05, 0.1) is 11.6 Å². The van der Waals surface area contributed by atoms with Crippen molar-refractivity contribution in [2.24, 2.45) is 0 Å². The van der Waals surface area contributed by atoms with Crippen molar-refractivity contribution in [1.82, 2.24) is 4.90 Å². The summed E-state index contributed by atoms with van der Waals surface area (Å²) >= 11 is 0. The Kier molecular flexibility index (Phi) is 5.54. The molecule has 0 unspecified atom stereocenters. The highest BCUT2D eigenvalue weighted by Gasteiger charge is 2.46. The molecule has 1 aliphatic rings. The first-order valence-corrected chi connectivity index (χ1v) is 9.83.